The molecule has 0 bridgehead atoms. The van der Waals surface area contributed by atoms with Crippen LogP contribution in [0.5, 0.6) is 5.75 Å². The van der Waals surface area contributed by atoms with Crippen LogP contribution in [0.4, 0.5) is 4.39 Å². The third-order valence-corrected chi connectivity index (χ3v) is 3.68. The Labute approximate surface area is 113 Å². The molecule has 0 radical (unpaired) electrons. The van der Waals surface area contributed by atoms with Gasteiger partial charge in [0.05, 0.1) is 19.8 Å². The van der Waals surface area contributed by atoms with Crippen molar-refractivity contribution in [1.82, 2.24) is 5.32 Å². The number of benzene rings is 1. The number of hydrogen-bond acceptors (Lipinski definition) is 4. The Hall–Kier alpha value is -1.17. The maximum Gasteiger partial charge on any atom is 0.165 e. The van der Waals surface area contributed by atoms with Crippen LogP contribution in [0, 0.1) is 11.2 Å². The molecule has 1 aliphatic rings. The molecule has 1 aromatic carbocycles. The second-order valence-electron chi connectivity index (χ2n) is 4.90. The standard InChI is InChI=1S/C14H21FN2O2/c1-3-19-12-5-4-10(6-11(12)15)13(17-2)14(7-16)8-18-9-14/h4-6,13,17H,3,7-9,16H2,1-2H3. The zero-order valence-corrected chi connectivity index (χ0v) is 11.4. The quantitative estimate of drug-likeness (QED) is 0.820. The molecule has 1 atom stereocenters. The van der Waals surface area contributed by atoms with Gasteiger partial charge in [-0.1, -0.05) is 6.07 Å². The van der Waals surface area contributed by atoms with E-state index in [-0.39, 0.29) is 23.0 Å². The molecule has 1 heterocycles. The number of nitrogens with two attached hydrogens (primary N) is 1. The van der Waals surface area contributed by atoms with Crippen molar-refractivity contribution in [2.45, 2.75) is 13.0 Å². The van der Waals surface area contributed by atoms with Gasteiger partial charge in [0, 0.05) is 18.0 Å². The van der Waals surface area contributed by atoms with Crippen LogP contribution < -0.4 is 15.8 Å². The van der Waals surface area contributed by atoms with Gasteiger partial charge in [-0.05, 0) is 31.7 Å². The maximum absolute atomic E-state index is 13.9. The molecule has 2 rings (SSSR count). The highest BCUT2D eigenvalue weighted by molar-refractivity contribution is 5.32. The average molecular weight is 268 g/mol. The van der Waals surface area contributed by atoms with Crippen molar-refractivity contribution in [3.8, 4) is 5.75 Å². The van der Waals surface area contributed by atoms with E-state index in [9.17, 15) is 4.39 Å². The zero-order chi connectivity index (χ0) is 13.9. The Morgan fingerprint density at radius 1 is 1.53 bits per heavy atom. The van der Waals surface area contributed by atoms with Crippen LogP contribution in [0.2, 0.25) is 0 Å². The fourth-order valence-corrected chi connectivity index (χ4v) is 2.56. The van der Waals surface area contributed by atoms with Crippen LogP contribution in [0.25, 0.3) is 0 Å². The fraction of sp³-hybridized carbons (Fsp3) is 0.571. The molecule has 3 N–H and O–H groups in total. The van der Waals surface area contributed by atoms with Gasteiger partial charge in [0.2, 0.25) is 0 Å². The van der Waals surface area contributed by atoms with Gasteiger partial charge in [-0.3, -0.25) is 0 Å². The summed E-state index contributed by atoms with van der Waals surface area (Å²) in [6.07, 6.45) is 0. The van der Waals surface area contributed by atoms with Crippen molar-refractivity contribution in [3.63, 3.8) is 0 Å². The lowest BCUT2D eigenvalue weighted by Gasteiger charge is -2.46. The third-order valence-electron chi connectivity index (χ3n) is 3.68. The normalized spacial score (nSPS) is 18.7. The van der Waals surface area contributed by atoms with Crippen LogP contribution in [0.15, 0.2) is 18.2 Å². The van der Waals surface area contributed by atoms with Gasteiger partial charge in [0.25, 0.3) is 0 Å². The molecule has 1 unspecified atom stereocenters. The first-order valence-corrected chi connectivity index (χ1v) is 6.54. The lowest BCUT2D eigenvalue weighted by atomic mass is 9.75. The predicted octanol–water partition coefficient (Wildman–Crippen LogP) is 1.46. The molecule has 1 fully saturated rings. The molecular weight excluding hydrogens is 247 g/mol. The Morgan fingerprint density at radius 2 is 2.26 bits per heavy atom. The Bertz CT molecular complexity index is 430. The highest BCUT2D eigenvalue weighted by atomic mass is 19.1. The van der Waals surface area contributed by atoms with Crippen LogP contribution in [0.3, 0.4) is 0 Å². The van der Waals surface area contributed by atoms with Gasteiger partial charge in [0.15, 0.2) is 11.6 Å². The van der Waals surface area contributed by atoms with E-state index in [0.717, 1.165) is 5.56 Å². The summed E-state index contributed by atoms with van der Waals surface area (Å²) in [7, 11) is 1.86. The smallest absolute Gasteiger partial charge is 0.165 e. The highest BCUT2D eigenvalue weighted by Gasteiger charge is 2.44. The molecule has 0 aliphatic carbocycles. The molecule has 0 amide bonds. The number of rotatable bonds is 6. The predicted molar refractivity (Wildman–Crippen MR) is 71.7 cm³/mol. The van der Waals surface area contributed by atoms with Crippen LogP contribution >= 0.6 is 0 Å². The molecule has 0 aromatic heterocycles. The minimum absolute atomic E-state index is 0.0172. The maximum atomic E-state index is 13.9. The average Bonchev–Trinajstić information content (AvgIpc) is 2.36. The third kappa shape index (κ3) is 2.59. The van der Waals surface area contributed by atoms with E-state index < -0.39 is 0 Å². The molecule has 1 aliphatic heterocycles. The summed E-state index contributed by atoms with van der Waals surface area (Å²) in [5.74, 6) is -0.0558. The van der Waals surface area contributed by atoms with E-state index in [1.165, 1.54) is 6.07 Å². The molecular formula is C14H21FN2O2. The largest absolute Gasteiger partial charge is 0.491 e. The van der Waals surface area contributed by atoms with E-state index in [1.807, 2.05) is 20.0 Å². The molecule has 1 aromatic rings. The molecule has 4 nitrogen and oxygen atoms in total. The van der Waals surface area contributed by atoms with E-state index in [0.29, 0.717) is 26.4 Å². The van der Waals surface area contributed by atoms with Crippen molar-refractivity contribution in [1.29, 1.82) is 0 Å². The van der Waals surface area contributed by atoms with Crippen molar-refractivity contribution in [2.24, 2.45) is 11.1 Å². The zero-order valence-electron chi connectivity index (χ0n) is 11.4. The number of halogens is 1. The van der Waals surface area contributed by atoms with Gasteiger partial charge in [-0.25, -0.2) is 4.39 Å². The summed E-state index contributed by atoms with van der Waals surface area (Å²) in [5, 5.41) is 3.22. The van der Waals surface area contributed by atoms with E-state index in [4.69, 9.17) is 15.2 Å². The van der Waals surface area contributed by atoms with E-state index in [1.54, 1.807) is 6.07 Å². The van der Waals surface area contributed by atoms with Crippen molar-refractivity contribution in [2.75, 3.05) is 33.4 Å². The van der Waals surface area contributed by atoms with Gasteiger partial charge >= 0.3 is 0 Å². The van der Waals surface area contributed by atoms with Gasteiger partial charge < -0.3 is 20.5 Å². The second-order valence-corrected chi connectivity index (χ2v) is 4.90. The summed E-state index contributed by atoms with van der Waals surface area (Å²) < 4.78 is 24.4. The molecule has 106 valence electrons. The van der Waals surface area contributed by atoms with Gasteiger partial charge in [-0.15, -0.1) is 0 Å². The van der Waals surface area contributed by atoms with E-state index >= 15 is 0 Å². The Balaban J connectivity index is 2.26. The van der Waals surface area contributed by atoms with Crippen LogP contribution in [-0.4, -0.2) is 33.4 Å². The SMILES string of the molecule is CCOc1ccc(C(NC)C2(CN)COC2)cc1F. The first-order chi connectivity index (χ1) is 9.16. The van der Waals surface area contributed by atoms with Crippen molar-refractivity contribution < 1.29 is 13.9 Å². The number of hydrogen-bond donors (Lipinski definition) is 2. The molecule has 5 heteroatoms. The lowest BCUT2D eigenvalue weighted by Crippen LogP contribution is -2.55. The van der Waals surface area contributed by atoms with Crippen molar-refractivity contribution in [3.05, 3.63) is 29.6 Å². The summed E-state index contributed by atoms with van der Waals surface area (Å²) in [5.41, 5.74) is 6.59. The summed E-state index contributed by atoms with van der Waals surface area (Å²) in [4.78, 5) is 0. The first kappa shape index (κ1) is 14.2. The fourth-order valence-electron chi connectivity index (χ4n) is 2.56. The van der Waals surface area contributed by atoms with E-state index in [2.05, 4.69) is 5.32 Å². The van der Waals surface area contributed by atoms with Gasteiger partial charge in [-0.2, -0.15) is 0 Å². The molecule has 0 spiro atoms. The minimum atomic E-state index is -0.341. The highest BCUT2D eigenvalue weighted by Crippen LogP contribution is 2.40. The summed E-state index contributed by atoms with van der Waals surface area (Å²) >= 11 is 0. The van der Waals surface area contributed by atoms with Crippen LogP contribution in [-0.2, 0) is 4.74 Å². The van der Waals surface area contributed by atoms with Crippen molar-refractivity contribution >= 4 is 0 Å². The lowest BCUT2D eigenvalue weighted by molar-refractivity contribution is -0.126. The Kier molecular flexibility index (Phi) is 4.39. The topological polar surface area (TPSA) is 56.5 Å². The summed E-state index contributed by atoms with van der Waals surface area (Å²) in [6, 6.07) is 5.05. The summed E-state index contributed by atoms with van der Waals surface area (Å²) in [6.45, 7) is 3.99. The monoisotopic (exact) mass is 268 g/mol. The number of ether oxygens (including phenoxy) is 2. The number of nitrogens with one attached hydrogen (secondary N) is 1. The first-order valence-electron chi connectivity index (χ1n) is 6.54. The molecule has 0 saturated carbocycles. The van der Waals surface area contributed by atoms with Gasteiger partial charge in [0.1, 0.15) is 0 Å². The Morgan fingerprint density at radius 3 is 2.68 bits per heavy atom. The molecule has 19 heavy (non-hydrogen) atoms. The second kappa shape index (κ2) is 5.86. The van der Waals surface area contributed by atoms with Crippen LogP contribution in [0.1, 0.15) is 18.5 Å². The molecule has 1 saturated heterocycles. The minimum Gasteiger partial charge on any atom is -0.491 e.